The number of hydrogen-bond donors (Lipinski definition) is 3. The summed E-state index contributed by atoms with van der Waals surface area (Å²) in [5, 5.41) is 15.3. The van der Waals surface area contributed by atoms with Crippen molar-refractivity contribution in [2.45, 2.75) is 38.0 Å². The van der Waals surface area contributed by atoms with Crippen LogP contribution in [0.3, 0.4) is 0 Å². The number of benzene rings is 2. The zero-order chi connectivity index (χ0) is 17.5. The summed E-state index contributed by atoms with van der Waals surface area (Å²) in [6.45, 7) is 0.463. The number of ether oxygens (including phenoxy) is 1. The minimum atomic E-state index is -0.361. The van der Waals surface area contributed by atoms with E-state index in [1.54, 1.807) is 0 Å². The number of amides is 1. The van der Waals surface area contributed by atoms with Crippen LogP contribution in [0.2, 0.25) is 0 Å². The van der Waals surface area contributed by atoms with E-state index in [-0.39, 0.29) is 18.7 Å². The van der Waals surface area contributed by atoms with Gasteiger partial charge in [-0.25, -0.2) is 4.79 Å². The molecule has 2 aromatic rings. The van der Waals surface area contributed by atoms with Gasteiger partial charge in [0.15, 0.2) is 0 Å². The number of aliphatic hydroxyl groups is 1. The molecule has 0 radical (unpaired) electrons. The van der Waals surface area contributed by atoms with E-state index in [4.69, 9.17) is 9.84 Å². The second kappa shape index (κ2) is 8.53. The normalized spacial score (nSPS) is 18.9. The molecule has 0 bridgehead atoms. The Morgan fingerprint density at radius 1 is 1.00 bits per heavy atom. The van der Waals surface area contributed by atoms with Crippen molar-refractivity contribution in [2.24, 2.45) is 0 Å². The first kappa shape index (κ1) is 17.3. The second-order valence-electron chi connectivity index (χ2n) is 6.39. The fourth-order valence-corrected chi connectivity index (χ4v) is 2.92. The van der Waals surface area contributed by atoms with Gasteiger partial charge in [-0.3, -0.25) is 0 Å². The summed E-state index contributed by atoms with van der Waals surface area (Å²) in [5.41, 5.74) is 3.18. The molecule has 5 nitrogen and oxygen atoms in total. The van der Waals surface area contributed by atoms with E-state index in [0.717, 1.165) is 29.7 Å². The minimum absolute atomic E-state index is 0.162. The van der Waals surface area contributed by atoms with Crippen molar-refractivity contribution in [3.05, 3.63) is 65.7 Å². The lowest BCUT2D eigenvalue weighted by Crippen LogP contribution is -2.49. The second-order valence-corrected chi connectivity index (χ2v) is 6.39. The lowest BCUT2D eigenvalue weighted by atomic mass is 9.86. The summed E-state index contributed by atoms with van der Waals surface area (Å²) < 4.78 is 5.23. The quantitative estimate of drug-likeness (QED) is 0.724. The van der Waals surface area contributed by atoms with E-state index < -0.39 is 0 Å². The highest BCUT2D eigenvalue weighted by atomic mass is 16.5. The lowest BCUT2D eigenvalue weighted by Gasteiger charge is -2.36. The maximum Gasteiger partial charge on any atom is 0.407 e. The van der Waals surface area contributed by atoms with Crippen LogP contribution in [0.1, 0.15) is 24.0 Å². The molecule has 1 saturated carbocycles. The molecule has 132 valence electrons. The van der Waals surface area contributed by atoms with Gasteiger partial charge in [-0.15, -0.1) is 0 Å². The fourth-order valence-electron chi connectivity index (χ4n) is 2.92. The Hall–Kier alpha value is -2.53. The van der Waals surface area contributed by atoms with Crippen molar-refractivity contribution >= 4 is 11.8 Å². The highest BCUT2D eigenvalue weighted by molar-refractivity contribution is 5.67. The number of hydrogen-bond acceptors (Lipinski definition) is 4. The van der Waals surface area contributed by atoms with Crippen LogP contribution in [0, 0.1) is 0 Å². The molecule has 0 spiro atoms. The van der Waals surface area contributed by atoms with Crippen LogP contribution in [0.4, 0.5) is 10.5 Å². The van der Waals surface area contributed by atoms with Gasteiger partial charge in [-0.1, -0.05) is 42.5 Å². The largest absolute Gasteiger partial charge is 0.445 e. The van der Waals surface area contributed by atoms with E-state index >= 15 is 0 Å². The molecule has 1 aliphatic carbocycles. The van der Waals surface area contributed by atoms with Gasteiger partial charge >= 0.3 is 6.09 Å². The van der Waals surface area contributed by atoms with E-state index in [1.165, 1.54) is 0 Å². The Bertz CT molecular complexity index is 667. The molecule has 0 aliphatic heterocycles. The number of rotatable bonds is 7. The first-order chi connectivity index (χ1) is 12.2. The van der Waals surface area contributed by atoms with E-state index in [9.17, 15) is 4.79 Å². The average molecular weight is 340 g/mol. The molecule has 1 amide bonds. The van der Waals surface area contributed by atoms with Crippen LogP contribution in [0.5, 0.6) is 0 Å². The molecule has 0 unspecified atom stereocenters. The first-order valence-electron chi connectivity index (χ1n) is 8.66. The molecule has 1 fully saturated rings. The molecule has 3 rings (SSSR count). The van der Waals surface area contributed by atoms with Gasteiger partial charge in [-0.05, 0) is 42.5 Å². The van der Waals surface area contributed by atoms with Gasteiger partial charge in [0.2, 0.25) is 0 Å². The Balaban J connectivity index is 1.34. The molecule has 0 atom stereocenters. The van der Waals surface area contributed by atoms with Crippen molar-refractivity contribution in [1.82, 2.24) is 5.32 Å². The van der Waals surface area contributed by atoms with Crippen molar-refractivity contribution in [3.8, 4) is 0 Å². The van der Waals surface area contributed by atoms with E-state index in [1.807, 2.05) is 54.6 Å². The molecule has 0 saturated heterocycles. The predicted molar refractivity (Wildman–Crippen MR) is 97.4 cm³/mol. The predicted octanol–water partition coefficient (Wildman–Crippen LogP) is 3.09. The number of carbonyl (C=O) groups is 1. The molecule has 0 heterocycles. The van der Waals surface area contributed by atoms with Crippen molar-refractivity contribution in [3.63, 3.8) is 0 Å². The van der Waals surface area contributed by atoms with Gasteiger partial charge in [0, 0.05) is 24.4 Å². The standard InChI is InChI=1S/C20H24N2O3/c23-11-10-15-6-8-17(9-7-15)21-18-12-19(13-18)22-20(24)25-14-16-4-2-1-3-5-16/h1-9,18-19,21,23H,10-14H2,(H,22,24). The van der Waals surface area contributed by atoms with Crippen molar-refractivity contribution in [2.75, 3.05) is 11.9 Å². The number of nitrogens with one attached hydrogen (secondary N) is 2. The van der Waals surface area contributed by atoms with Crippen LogP contribution >= 0.6 is 0 Å². The third-order valence-corrected chi connectivity index (χ3v) is 4.40. The maximum absolute atomic E-state index is 11.8. The van der Waals surface area contributed by atoms with E-state index in [0.29, 0.717) is 19.1 Å². The zero-order valence-electron chi connectivity index (χ0n) is 14.2. The molecule has 2 aromatic carbocycles. The number of alkyl carbamates (subject to hydrolysis) is 1. The maximum atomic E-state index is 11.8. The molecule has 0 aromatic heterocycles. The smallest absolute Gasteiger partial charge is 0.407 e. The van der Waals surface area contributed by atoms with Gasteiger partial charge in [0.05, 0.1) is 0 Å². The number of carbonyl (C=O) groups excluding carboxylic acids is 1. The minimum Gasteiger partial charge on any atom is -0.445 e. The van der Waals surface area contributed by atoms with Gasteiger partial charge in [0.1, 0.15) is 6.61 Å². The lowest BCUT2D eigenvalue weighted by molar-refractivity contribution is 0.129. The first-order valence-corrected chi connectivity index (χ1v) is 8.66. The number of aliphatic hydroxyl groups excluding tert-OH is 1. The Morgan fingerprint density at radius 3 is 2.40 bits per heavy atom. The van der Waals surface area contributed by atoms with Crippen LogP contribution in [-0.4, -0.2) is 29.9 Å². The summed E-state index contributed by atoms with van der Waals surface area (Å²) in [6.07, 6.45) is 2.10. The van der Waals surface area contributed by atoms with Gasteiger partial charge in [0.25, 0.3) is 0 Å². The third kappa shape index (κ3) is 5.22. The summed E-state index contributed by atoms with van der Waals surface area (Å²) in [5.74, 6) is 0. The van der Waals surface area contributed by atoms with Gasteiger partial charge in [-0.2, -0.15) is 0 Å². The molecular formula is C20H24N2O3. The Kier molecular flexibility index (Phi) is 5.90. The Labute approximate surface area is 148 Å². The fraction of sp³-hybridized carbons (Fsp3) is 0.350. The monoisotopic (exact) mass is 340 g/mol. The zero-order valence-corrected chi connectivity index (χ0v) is 14.2. The van der Waals surface area contributed by atoms with Crippen molar-refractivity contribution in [1.29, 1.82) is 0 Å². The molecule has 3 N–H and O–H groups in total. The molecule has 25 heavy (non-hydrogen) atoms. The molecular weight excluding hydrogens is 316 g/mol. The van der Waals surface area contributed by atoms with Crippen molar-refractivity contribution < 1.29 is 14.6 Å². The molecule has 1 aliphatic rings. The summed E-state index contributed by atoms with van der Waals surface area (Å²) in [4.78, 5) is 11.8. The van der Waals surface area contributed by atoms with Crippen LogP contribution in [0.25, 0.3) is 0 Å². The summed E-state index contributed by atoms with van der Waals surface area (Å²) >= 11 is 0. The van der Waals surface area contributed by atoms with Crippen LogP contribution in [-0.2, 0) is 17.8 Å². The van der Waals surface area contributed by atoms with Gasteiger partial charge < -0.3 is 20.5 Å². The highest BCUT2D eigenvalue weighted by Crippen LogP contribution is 2.24. The highest BCUT2D eigenvalue weighted by Gasteiger charge is 2.30. The Morgan fingerprint density at radius 2 is 1.72 bits per heavy atom. The average Bonchev–Trinajstić information content (AvgIpc) is 2.61. The topological polar surface area (TPSA) is 70.6 Å². The SMILES string of the molecule is O=C(NC1CC(Nc2ccc(CCO)cc2)C1)OCc1ccccc1. The van der Waals surface area contributed by atoms with Crippen LogP contribution < -0.4 is 10.6 Å². The van der Waals surface area contributed by atoms with Crippen LogP contribution in [0.15, 0.2) is 54.6 Å². The van der Waals surface area contributed by atoms with E-state index in [2.05, 4.69) is 10.6 Å². The third-order valence-electron chi connectivity index (χ3n) is 4.40. The summed E-state index contributed by atoms with van der Waals surface area (Å²) in [6, 6.07) is 18.3. The number of anilines is 1. The summed E-state index contributed by atoms with van der Waals surface area (Å²) in [7, 11) is 0. The molecule has 5 heteroatoms.